The van der Waals surface area contributed by atoms with Crippen molar-refractivity contribution in [3.63, 3.8) is 0 Å². The predicted octanol–water partition coefficient (Wildman–Crippen LogP) is 7.79. The number of benzene rings is 4. The second kappa shape index (κ2) is 14.8. The number of aromatic hydroxyl groups is 1. The molecule has 4 aliphatic heterocycles. The average Bonchev–Trinajstić information content (AvgIpc) is 3.19. The Hall–Kier alpha value is -4.82. The molecular formula is C46H52N4O4. The molecule has 3 N–H and O–H groups in total. The van der Waals surface area contributed by atoms with Crippen molar-refractivity contribution < 1.29 is 19.4 Å². The summed E-state index contributed by atoms with van der Waals surface area (Å²) < 4.78 is 6.18. The molecule has 280 valence electrons. The fraction of sp³-hybridized carbons (Fsp3) is 0.435. The van der Waals surface area contributed by atoms with Crippen molar-refractivity contribution >= 4 is 23.2 Å². The molecule has 0 radical (unpaired) electrons. The second-order valence-electron chi connectivity index (χ2n) is 16.8. The maximum atomic E-state index is 12.1. The van der Waals surface area contributed by atoms with Gasteiger partial charge >= 0.3 is 0 Å². The number of carbonyl (C=O) groups excluding carboxylic acids is 2. The summed E-state index contributed by atoms with van der Waals surface area (Å²) in [5.74, 6) is 2.37. The zero-order valence-electron chi connectivity index (χ0n) is 31.1. The lowest BCUT2D eigenvalue weighted by Crippen LogP contribution is -2.58. The van der Waals surface area contributed by atoms with Gasteiger partial charge in [0.05, 0.1) is 6.61 Å². The summed E-state index contributed by atoms with van der Waals surface area (Å²) in [4.78, 5) is 28.9. The number of likely N-dealkylation sites (tertiary alicyclic amines) is 1. The van der Waals surface area contributed by atoms with Crippen molar-refractivity contribution in [1.82, 2.24) is 10.2 Å². The fourth-order valence-electron chi connectivity index (χ4n) is 10.1. The smallest absolute Gasteiger partial charge is 0.249 e. The van der Waals surface area contributed by atoms with Crippen LogP contribution >= 0.6 is 0 Å². The maximum Gasteiger partial charge on any atom is 0.249 e. The van der Waals surface area contributed by atoms with Crippen molar-refractivity contribution in [3.8, 4) is 11.5 Å². The van der Waals surface area contributed by atoms with E-state index in [2.05, 4.69) is 99.3 Å². The first kappa shape index (κ1) is 34.9. The van der Waals surface area contributed by atoms with Gasteiger partial charge in [0.15, 0.2) is 0 Å². The molecule has 9 rings (SSSR count). The van der Waals surface area contributed by atoms with Crippen LogP contribution in [-0.2, 0) is 9.59 Å². The average molecular weight is 725 g/mol. The van der Waals surface area contributed by atoms with Gasteiger partial charge in [0.25, 0.3) is 0 Å². The Balaban J connectivity index is 0.745. The first-order valence-electron chi connectivity index (χ1n) is 20.2. The molecule has 1 spiro atoms. The quantitative estimate of drug-likeness (QED) is 0.160. The SMILES string of the molecule is O=C1CC[C@@H](Nc2ccc(C3CCN(CC4CCC5(CC4)CN(c4ccc([C@@H]6c7ccc(O)cc7OC[C@@H]6c6ccccc6)cc4)C5)CC3)cc2)C(=O)N1. The van der Waals surface area contributed by atoms with Crippen LogP contribution in [0.25, 0.3) is 0 Å². The molecule has 8 heteroatoms. The molecule has 54 heavy (non-hydrogen) atoms. The Morgan fingerprint density at radius 3 is 2.24 bits per heavy atom. The van der Waals surface area contributed by atoms with Crippen molar-refractivity contribution in [2.75, 3.05) is 49.5 Å². The number of nitrogens with one attached hydrogen (secondary N) is 2. The molecule has 3 atom stereocenters. The minimum atomic E-state index is -0.345. The van der Waals surface area contributed by atoms with Gasteiger partial charge in [-0.3, -0.25) is 14.9 Å². The van der Waals surface area contributed by atoms with Gasteiger partial charge in [-0.1, -0.05) is 60.7 Å². The number of anilines is 2. The summed E-state index contributed by atoms with van der Waals surface area (Å²) in [5.41, 5.74) is 7.83. The van der Waals surface area contributed by atoms with E-state index in [4.69, 9.17) is 4.74 Å². The highest BCUT2D eigenvalue weighted by molar-refractivity contribution is 6.01. The Labute approximate surface area is 318 Å². The van der Waals surface area contributed by atoms with Crippen LogP contribution in [0.15, 0.2) is 97.1 Å². The van der Waals surface area contributed by atoms with Crippen LogP contribution in [0.5, 0.6) is 11.5 Å². The number of nitrogens with zero attached hydrogens (tertiary/aromatic N) is 2. The van der Waals surface area contributed by atoms with E-state index in [0.717, 1.165) is 36.0 Å². The number of rotatable bonds is 8. The van der Waals surface area contributed by atoms with Crippen LogP contribution in [0.4, 0.5) is 11.4 Å². The topological polar surface area (TPSA) is 94.1 Å². The van der Waals surface area contributed by atoms with Gasteiger partial charge in [-0.25, -0.2) is 0 Å². The summed E-state index contributed by atoms with van der Waals surface area (Å²) in [5, 5.41) is 15.9. The van der Waals surface area contributed by atoms with E-state index < -0.39 is 0 Å². The molecule has 4 fully saturated rings. The van der Waals surface area contributed by atoms with E-state index >= 15 is 0 Å². The van der Waals surface area contributed by atoms with Crippen molar-refractivity contribution in [1.29, 1.82) is 0 Å². The highest BCUT2D eigenvalue weighted by Crippen LogP contribution is 2.49. The lowest BCUT2D eigenvalue weighted by atomic mass is 9.65. The van der Waals surface area contributed by atoms with E-state index in [0.29, 0.717) is 30.8 Å². The molecule has 4 heterocycles. The number of imide groups is 1. The summed E-state index contributed by atoms with van der Waals surface area (Å²) in [6, 6.07) is 33.8. The van der Waals surface area contributed by atoms with Crippen molar-refractivity contribution in [2.24, 2.45) is 11.3 Å². The first-order valence-corrected chi connectivity index (χ1v) is 20.2. The Morgan fingerprint density at radius 2 is 1.52 bits per heavy atom. The van der Waals surface area contributed by atoms with Gasteiger partial charge in [-0.05, 0) is 117 Å². The minimum absolute atomic E-state index is 0.164. The van der Waals surface area contributed by atoms with Gasteiger partial charge in [0.1, 0.15) is 17.5 Å². The maximum absolute atomic E-state index is 12.1. The number of carbonyl (C=O) groups is 2. The Bertz CT molecular complexity index is 1940. The van der Waals surface area contributed by atoms with E-state index in [1.165, 1.54) is 80.5 Å². The van der Waals surface area contributed by atoms with Crippen LogP contribution in [0.3, 0.4) is 0 Å². The van der Waals surface area contributed by atoms with E-state index in [9.17, 15) is 14.7 Å². The van der Waals surface area contributed by atoms with Crippen LogP contribution < -0.4 is 20.3 Å². The molecule has 4 aromatic carbocycles. The molecule has 4 aromatic rings. The van der Waals surface area contributed by atoms with E-state index in [1.807, 2.05) is 6.07 Å². The Morgan fingerprint density at radius 1 is 0.796 bits per heavy atom. The number of hydrogen-bond donors (Lipinski definition) is 3. The monoisotopic (exact) mass is 724 g/mol. The molecule has 2 amide bonds. The molecule has 0 unspecified atom stereocenters. The van der Waals surface area contributed by atoms with Crippen LogP contribution in [0.1, 0.15) is 91.4 Å². The molecular weight excluding hydrogens is 673 g/mol. The van der Waals surface area contributed by atoms with Crippen molar-refractivity contribution in [2.45, 2.75) is 75.2 Å². The molecule has 1 saturated carbocycles. The third-order valence-corrected chi connectivity index (χ3v) is 13.3. The second-order valence-corrected chi connectivity index (χ2v) is 16.8. The number of piperidine rings is 2. The largest absolute Gasteiger partial charge is 0.508 e. The summed E-state index contributed by atoms with van der Waals surface area (Å²) in [6.45, 7) is 6.49. The van der Waals surface area contributed by atoms with E-state index in [1.54, 1.807) is 12.1 Å². The molecule has 0 bridgehead atoms. The number of amides is 2. The predicted molar refractivity (Wildman–Crippen MR) is 212 cm³/mol. The number of hydrogen-bond acceptors (Lipinski definition) is 7. The highest BCUT2D eigenvalue weighted by Gasteiger charge is 2.45. The molecule has 1 aliphatic carbocycles. The van der Waals surface area contributed by atoms with Gasteiger partial charge in [0.2, 0.25) is 11.8 Å². The van der Waals surface area contributed by atoms with Gasteiger partial charge < -0.3 is 25.0 Å². The zero-order chi connectivity index (χ0) is 36.6. The third kappa shape index (κ3) is 7.20. The van der Waals surface area contributed by atoms with E-state index in [-0.39, 0.29) is 35.4 Å². The standard InChI is InChI=1S/C46H52N4O4/c51-38-14-15-39-42(26-38)54-28-40(34-4-2-1-3-5-34)44(39)35-8-12-37(13-9-35)50-29-46(30-50)22-18-31(19-23-46)27-49-24-20-33(21-25-49)32-6-10-36(11-7-32)47-41-16-17-43(52)48-45(41)53/h1-15,26,31,33,40-41,44,47,51H,16-25,27-30H2,(H,48,52,53)/t40-,41-,44-/m1/s1. The normalized spacial score (nSPS) is 24.7. The fourth-order valence-corrected chi connectivity index (χ4v) is 10.1. The lowest BCUT2D eigenvalue weighted by molar-refractivity contribution is -0.133. The number of ether oxygens (including phenoxy) is 1. The van der Waals surface area contributed by atoms with Crippen molar-refractivity contribution in [3.05, 3.63) is 119 Å². The number of phenolic OH excluding ortho intramolecular Hbond substituents is 1. The first-order chi connectivity index (χ1) is 26.4. The van der Waals surface area contributed by atoms with Gasteiger partial charge in [-0.2, -0.15) is 0 Å². The van der Waals surface area contributed by atoms with Crippen LogP contribution in [-0.4, -0.2) is 67.2 Å². The molecule has 8 nitrogen and oxygen atoms in total. The molecule has 5 aliphatic rings. The number of phenols is 1. The third-order valence-electron chi connectivity index (χ3n) is 13.3. The lowest BCUT2D eigenvalue weighted by Gasteiger charge is -2.55. The minimum Gasteiger partial charge on any atom is -0.508 e. The summed E-state index contributed by atoms with van der Waals surface area (Å²) >= 11 is 0. The molecule has 3 saturated heterocycles. The zero-order valence-corrected chi connectivity index (χ0v) is 31.1. The van der Waals surface area contributed by atoms with Gasteiger partial charge in [0, 0.05) is 66.3 Å². The highest BCUT2D eigenvalue weighted by atomic mass is 16.5. The summed E-state index contributed by atoms with van der Waals surface area (Å²) in [6.07, 6.45) is 8.68. The molecule has 0 aromatic heterocycles. The van der Waals surface area contributed by atoms with Crippen LogP contribution in [0.2, 0.25) is 0 Å². The Kier molecular flexibility index (Phi) is 9.56. The van der Waals surface area contributed by atoms with Crippen LogP contribution in [0, 0.1) is 11.3 Å². The van der Waals surface area contributed by atoms with Gasteiger partial charge in [-0.15, -0.1) is 0 Å². The summed E-state index contributed by atoms with van der Waals surface area (Å²) in [7, 11) is 0. The number of fused-ring (bicyclic) bond motifs is 1.